The number of hydrogen-bond acceptors (Lipinski definition) is 4. The van der Waals surface area contributed by atoms with Gasteiger partial charge < -0.3 is 15.0 Å². The van der Waals surface area contributed by atoms with E-state index in [1.807, 2.05) is 43.3 Å². The van der Waals surface area contributed by atoms with Gasteiger partial charge >= 0.3 is 5.97 Å². The van der Waals surface area contributed by atoms with E-state index in [1.54, 1.807) is 37.3 Å². The fourth-order valence-corrected chi connectivity index (χ4v) is 3.67. The number of esters is 1. The largest absolute Gasteiger partial charge is 0.469 e. The highest BCUT2D eigenvalue weighted by atomic mass is 16.5. The van der Waals surface area contributed by atoms with Gasteiger partial charge in [-0.05, 0) is 61.2 Å². The van der Waals surface area contributed by atoms with Crippen molar-refractivity contribution in [3.05, 3.63) is 95.1 Å². The number of aryl methyl sites for hydroxylation is 1. The number of ether oxygens (including phenoxy) is 1. The van der Waals surface area contributed by atoms with Crippen molar-refractivity contribution in [2.45, 2.75) is 26.3 Å². The van der Waals surface area contributed by atoms with Gasteiger partial charge in [0.1, 0.15) is 0 Å². The highest BCUT2D eigenvalue weighted by Crippen LogP contribution is 2.21. The second-order valence-electron chi connectivity index (χ2n) is 9.35. The first-order chi connectivity index (χ1) is 17.1. The Hall–Kier alpha value is -3.95. The van der Waals surface area contributed by atoms with Crippen molar-refractivity contribution >= 4 is 11.9 Å². The van der Waals surface area contributed by atoms with E-state index in [9.17, 15) is 9.59 Å². The van der Waals surface area contributed by atoms with Crippen LogP contribution in [0.3, 0.4) is 0 Å². The minimum absolute atomic E-state index is 0.257. The summed E-state index contributed by atoms with van der Waals surface area (Å²) < 4.78 is 4.97. The molecule has 0 aliphatic rings. The van der Waals surface area contributed by atoms with E-state index in [0.717, 1.165) is 16.7 Å². The van der Waals surface area contributed by atoms with Gasteiger partial charge in [-0.3, -0.25) is 9.59 Å². The molecule has 6 heteroatoms. The molecule has 2 unspecified atom stereocenters. The van der Waals surface area contributed by atoms with Crippen molar-refractivity contribution in [3.63, 3.8) is 0 Å². The first kappa shape index (κ1) is 28.3. The molecule has 0 saturated heterocycles. The molecule has 2 atom stereocenters. The molecule has 36 heavy (non-hydrogen) atoms. The SMILES string of the molecule is COC(=O)C(Cc1cccc(C#N)c1)C(C)NC(=O)c1ccc(-c2cccc(C)c2)cc1.C[NH+](C)C. The maximum absolute atomic E-state index is 12.8. The van der Waals surface area contributed by atoms with Crippen molar-refractivity contribution in [1.82, 2.24) is 5.32 Å². The van der Waals surface area contributed by atoms with Crippen LogP contribution < -0.4 is 10.2 Å². The smallest absolute Gasteiger partial charge is 0.311 e. The van der Waals surface area contributed by atoms with Gasteiger partial charge in [-0.1, -0.05) is 54.1 Å². The van der Waals surface area contributed by atoms with E-state index < -0.39 is 17.9 Å². The van der Waals surface area contributed by atoms with E-state index in [4.69, 9.17) is 10.00 Å². The molecule has 0 fully saturated rings. The van der Waals surface area contributed by atoms with Crippen molar-refractivity contribution in [1.29, 1.82) is 5.26 Å². The number of methoxy groups -OCH3 is 1. The van der Waals surface area contributed by atoms with Crippen LogP contribution in [0.25, 0.3) is 11.1 Å². The van der Waals surface area contributed by atoms with Crippen LogP contribution in [0.1, 0.15) is 34.0 Å². The summed E-state index contributed by atoms with van der Waals surface area (Å²) >= 11 is 0. The molecule has 0 bridgehead atoms. The Morgan fingerprint density at radius 3 is 2.19 bits per heavy atom. The number of nitriles is 1. The molecule has 3 aromatic carbocycles. The number of hydrogen-bond donors (Lipinski definition) is 2. The lowest BCUT2D eigenvalue weighted by Gasteiger charge is -2.23. The Morgan fingerprint density at radius 2 is 1.61 bits per heavy atom. The summed E-state index contributed by atoms with van der Waals surface area (Å²) in [4.78, 5) is 26.7. The van der Waals surface area contributed by atoms with E-state index in [1.165, 1.54) is 17.6 Å². The normalized spacial score (nSPS) is 11.9. The zero-order valence-corrected chi connectivity index (χ0v) is 22.0. The predicted molar refractivity (Wildman–Crippen MR) is 143 cm³/mol. The van der Waals surface area contributed by atoms with Gasteiger partial charge in [-0.15, -0.1) is 0 Å². The van der Waals surface area contributed by atoms with Crippen molar-refractivity contribution < 1.29 is 19.2 Å². The average molecular weight is 487 g/mol. The van der Waals surface area contributed by atoms with Crippen molar-refractivity contribution in [2.24, 2.45) is 5.92 Å². The molecule has 0 spiro atoms. The van der Waals surface area contributed by atoms with Crippen LogP contribution in [-0.2, 0) is 16.0 Å². The number of carbonyl (C=O) groups excluding carboxylic acids is 2. The summed E-state index contributed by atoms with van der Waals surface area (Å²) in [7, 11) is 7.58. The van der Waals surface area contributed by atoms with Crippen molar-refractivity contribution in [3.8, 4) is 17.2 Å². The first-order valence-corrected chi connectivity index (χ1v) is 12.0. The molecule has 3 rings (SSSR count). The van der Waals surface area contributed by atoms with E-state index >= 15 is 0 Å². The average Bonchev–Trinajstić information content (AvgIpc) is 2.86. The molecule has 0 radical (unpaired) electrons. The fraction of sp³-hybridized carbons (Fsp3) is 0.300. The quantitative estimate of drug-likeness (QED) is 0.501. The lowest BCUT2D eigenvalue weighted by atomic mass is 9.92. The van der Waals surface area contributed by atoms with Crippen LogP contribution in [-0.4, -0.2) is 46.2 Å². The van der Waals surface area contributed by atoms with Crippen molar-refractivity contribution in [2.75, 3.05) is 28.3 Å². The van der Waals surface area contributed by atoms with Gasteiger partial charge in [-0.25, -0.2) is 0 Å². The summed E-state index contributed by atoms with van der Waals surface area (Å²) in [6.45, 7) is 3.83. The molecule has 0 heterocycles. The number of amides is 1. The third kappa shape index (κ3) is 8.68. The number of benzene rings is 3. The molecular formula is C30H36N3O3+. The third-order valence-corrected chi connectivity index (χ3v) is 5.48. The van der Waals surface area contributed by atoms with Crippen LogP contribution in [0, 0.1) is 24.2 Å². The third-order valence-electron chi connectivity index (χ3n) is 5.48. The van der Waals surface area contributed by atoms with Gasteiger partial charge in [0.15, 0.2) is 0 Å². The van der Waals surface area contributed by atoms with Crippen LogP contribution in [0.4, 0.5) is 0 Å². The Kier molecular flexibility index (Phi) is 10.9. The minimum atomic E-state index is -0.579. The summed E-state index contributed by atoms with van der Waals surface area (Å²) in [5, 5.41) is 12.0. The Bertz CT molecular complexity index is 1190. The zero-order valence-electron chi connectivity index (χ0n) is 22.0. The van der Waals surface area contributed by atoms with Crippen LogP contribution in [0.15, 0.2) is 72.8 Å². The fourth-order valence-electron chi connectivity index (χ4n) is 3.67. The standard InChI is InChI=1S/C27H26N2O3.C3H9N/c1-18-6-4-9-24(14-18)22-10-12-23(13-11-22)26(30)29-19(2)25(27(31)32-3)16-20-7-5-8-21(15-20)17-28;1-4(2)3/h4-15,19,25H,16H2,1-3H3,(H,29,30);1-3H3/p+1. The minimum Gasteiger partial charge on any atom is -0.469 e. The topological polar surface area (TPSA) is 83.6 Å². The predicted octanol–water partition coefficient (Wildman–Crippen LogP) is 3.44. The number of nitrogens with zero attached hydrogens (tertiary/aromatic N) is 1. The summed E-state index contributed by atoms with van der Waals surface area (Å²) in [5.74, 6) is -1.24. The zero-order chi connectivity index (χ0) is 26.7. The highest BCUT2D eigenvalue weighted by Gasteiger charge is 2.28. The maximum atomic E-state index is 12.8. The summed E-state index contributed by atoms with van der Waals surface area (Å²) in [6, 6.07) is 24.3. The molecular weight excluding hydrogens is 450 g/mol. The van der Waals surface area contributed by atoms with Gasteiger partial charge in [0, 0.05) is 11.6 Å². The van der Waals surface area contributed by atoms with Crippen LogP contribution in [0.2, 0.25) is 0 Å². The second kappa shape index (κ2) is 13.8. The van der Waals surface area contributed by atoms with E-state index in [2.05, 4.69) is 38.6 Å². The van der Waals surface area contributed by atoms with Gasteiger partial charge in [0.25, 0.3) is 5.91 Å². The number of rotatable bonds is 7. The molecule has 3 aromatic rings. The molecule has 0 aromatic heterocycles. The summed E-state index contributed by atoms with van der Waals surface area (Å²) in [6.07, 6.45) is 0.357. The van der Waals surface area contributed by atoms with Crippen LogP contribution >= 0.6 is 0 Å². The molecule has 6 nitrogen and oxygen atoms in total. The van der Waals surface area contributed by atoms with Gasteiger partial charge in [0.2, 0.25) is 0 Å². The first-order valence-electron chi connectivity index (χ1n) is 12.0. The summed E-state index contributed by atoms with van der Waals surface area (Å²) in [5.41, 5.74) is 5.18. The highest BCUT2D eigenvalue weighted by molar-refractivity contribution is 5.95. The van der Waals surface area contributed by atoms with E-state index in [-0.39, 0.29) is 5.91 Å². The van der Waals surface area contributed by atoms with Gasteiger partial charge in [0.05, 0.1) is 45.8 Å². The Labute approximate surface area is 214 Å². The lowest BCUT2D eigenvalue weighted by Crippen LogP contribution is -3.02. The molecule has 0 aliphatic carbocycles. The molecule has 188 valence electrons. The molecule has 1 amide bonds. The Balaban J connectivity index is 0.00000106. The Morgan fingerprint density at radius 1 is 0.972 bits per heavy atom. The lowest BCUT2D eigenvalue weighted by molar-refractivity contribution is -0.836. The van der Waals surface area contributed by atoms with E-state index in [0.29, 0.717) is 17.5 Å². The second-order valence-corrected chi connectivity index (χ2v) is 9.35. The molecule has 0 aliphatic heterocycles. The molecule has 2 N–H and O–H groups in total. The van der Waals surface area contributed by atoms with Gasteiger partial charge in [-0.2, -0.15) is 5.26 Å². The monoisotopic (exact) mass is 486 g/mol. The molecule has 0 saturated carbocycles. The number of quaternary nitrogens is 1. The van der Waals surface area contributed by atoms with Crippen LogP contribution in [0.5, 0.6) is 0 Å². The number of nitrogens with one attached hydrogen (secondary N) is 2. The maximum Gasteiger partial charge on any atom is 0.311 e. The number of carbonyl (C=O) groups is 2.